The maximum absolute atomic E-state index is 11.9. The molecule has 0 aliphatic rings. The number of benzene rings is 1. The van der Waals surface area contributed by atoms with Gasteiger partial charge in [0.25, 0.3) is 6.47 Å². The van der Waals surface area contributed by atoms with Crippen molar-refractivity contribution >= 4 is 6.47 Å². The molecular weight excluding hydrogens is 214 g/mol. The summed E-state index contributed by atoms with van der Waals surface area (Å²) in [5, 5.41) is 0. The molecule has 0 unspecified atom stereocenters. The Labute approximate surface area is 93.2 Å². The molecule has 0 N–H and O–H groups in total. The summed E-state index contributed by atoms with van der Waals surface area (Å²) < 4.78 is 28.3. The fourth-order valence-corrected chi connectivity index (χ4v) is 0.594. The van der Waals surface area contributed by atoms with E-state index >= 15 is 0 Å². The Morgan fingerprint density at radius 1 is 1.31 bits per heavy atom. The zero-order valence-electron chi connectivity index (χ0n) is 9.04. The van der Waals surface area contributed by atoms with E-state index in [0.29, 0.717) is 6.47 Å². The van der Waals surface area contributed by atoms with Crippen LogP contribution in [-0.4, -0.2) is 12.1 Å². The van der Waals surface area contributed by atoms with E-state index in [9.17, 15) is 13.6 Å². The monoisotopic (exact) mass is 226 g/mol. The van der Waals surface area contributed by atoms with Crippen molar-refractivity contribution in [2.45, 2.75) is 19.4 Å². The summed E-state index contributed by atoms with van der Waals surface area (Å²) in [4.78, 5) is 9.66. The number of halogens is 2. The maximum atomic E-state index is 11.9. The van der Waals surface area contributed by atoms with E-state index < -0.39 is 17.2 Å². The molecule has 86 valence electrons. The van der Waals surface area contributed by atoms with Crippen molar-refractivity contribution in [2.24, 2.45) is 0 Å². The SMILES string of the molecule is C#CC(C)(C)OC=O.Fc1ccccc1F. The lowest BCUT2D eigenvalue weighted by molar-refractivity contribution is -0.135. The number of carbonyl (C=O) groups excluding carboxylic acids is 1. The van der Waals surface area contributed by atoms with E-state index in [0.717, 1.165) is 12.1 Å². The van der Waals surface area contributed by atoms with Gasteiger partial charge in [0.2, 0.25) is 0 Å². The topological polar surface area (TPSA) is 26.3 Å². The molecule has 0 saturated carbocycles. The summed E-state index contributed by atoms with van der Waals surface area (Å²) in [6.07, 6.45) is 4.96. The van der Waals surface area contributed by atoms with Crippen LogP contribution in [-0.2, 0) is 9.53 Å². The number of hydrogen-bond donors (Lipinski definition) is 0. The first-order valence-corrected chi connectivity index (χ1v) is 4.42. The van der Waals surface area contributed by atoms with Crippen molar-refractivity contribution in [1.82, 2.24) is 0 Å². The second kappa shape index (κ2) is 6.57. The zero-order valence-corrected chi connectivity index (χ0v) is 9.04. The van der Waals surface area contributed by atoms with Crippen LogP contribution in [0.15, 0.2) is 24.3 Å². The summed E-state index contributed by atoms with van der Waals surface area (Å²) in [6.45, 7) is 3.63. The predicted octanol–water partition coefficient (Wildman–Crippen LogP) is 2.54. The molecule has 16 heavy (non-hydrogen) atoms. The van der Waals surface area contributed by atoms with Gasteiger partial charge >= 0.3 is 0 Å². The van der Waals surface area contributed by atoms with Gasteiger partial charge in [0, 0.05) is 0 Å². The molecule has 1 rings (SSSR count). The number of carbonyl (C=O) groups is 1. The Morgan fingerprint density at radius 2 is 1.75 bits per heavy atom. The molecular formula is C12H12F2O2. The molecule has 2 nitrogen and oxygen atoms in total. The fourth-order valence-electron chi connectivity index (χ4n) is 0.594. The molecule has 0 saturated heterocycles. The first kappa shape index (κ1) is 14.1. The van der Waals surface area contributed by atoms with Gasteiger partial charge in [-0.2, -0.15) is 0 Å². The standard InChI is InChI=1S/C6H4F2.C6H8O2/c7-5-3-1-2-4-6(5)8;1-4-6(2,3)8-5-7/h1-4H;1,5H,2-3H3. The van der Waals surface area contributed by atoms with E-state index in [1.54, 1.807) is 13.8 Å². The Balaban J connectivity index is 0.000000281. The molecule has 0 aromatic heterocycles. The normalized spacial score (nSPS) is 9.44. The van der Waals surface area contributed by atoms with Crippen LogP contribution in [0.2, 0.25) is 0 Å². The van der Waals surface area contributed by atoms with Crippen molar-refractivity contribution in [3.05, 3.63) is 35.9 Å². The second-order valence-corrected chi connectivity index (χ2v) is 3.28. The van der Waals surface area contributed by atoms with Gasteiger partial charge in [0.1, 0.15) is 0 Å². The quantitative estimate of drug-likeness (QED) is 0.572. The average molecular weight is 226 g/mol. The van der Waals surface area contributed by atoms with Crippen molar-refractivity contribution in [3.8, 4) is 12.3 Å². The average Bonchev–Trinajstić information content (AvgIpc) is 2.23. The fraction of sp³-hybridized carbons (Fsp3) is 0.250. The molecule has 0 bridgehead atoms. The lowest BCUT2D eigenvalue weighted by Gasteiger charge is -2.13. The van der Waals surface area contributed by atoms with Crippen molar-refractivity contribution in [1.29, 1.82) is 0 Å². The third kappa shape index (κ3) is 5.76. The molecule has 1 aromatic carbocycles. The summed E-state index contributed by atoms with van der Waals surface area (Å²) in [6, 6.07) is 5.04. The first-order chi connectivity index (χ1) is 7.43. The molecule has 0 aliphatic carbocycles. The number of terminal acetylenes is 1. The Hall–Kier alpha value is -1.89. The van der Waals surface area contributed by atoms with Crippen LogP contribution in [0.1, 0.15) is 13.8 Å². The van der Waals surface area contributed by atoms with Crippen molar-refractivity contribution in [2.75, 3.05) is 0 Å². The lowest BCUT2D eigenvalue weighted by atomic mass is 10.2. The molecule has 0 fully saturated rings. The Morgan fingerprint density at radius 3 is 1.94 bits per heavy atom. The molecule has 0 heterocycles. The van der Waals surface area contributed by atoms with Crippen LogP contribution < -0.4 is 0 Å². The highest BCUT2D eigenvalue weighted by molar-refractivity contribution is 5.39. The highest BCUT2D eigenvalue weighted by Crippen LogP contribution is 2.03. The Kier molecular flexibility index (Phi) is 5.79. The highest BCUT2D eigenvalue weighted by atomic mass is 19.2. The molecule has 0 atom stereocenters. The van der Waals surface area contributed by atoms with Crippen molar-refractivity contribution < 1.29 is 18.3 Å². The maximum Gasteiger partial charge on any atom is 0.294 e. The molecule has 0 spiro atoms. The van der Waals surface area contributed by atoms with Crippen LogP contribution >= 0.6 is 0 Å². The van der Waals surface area contributed by atoms with Gasteiger partial charge in [-0.15, -0.1) is 6.42 Å². The van der Waals surface area contributed by atoms with Gasteiger partial charge in [-0.1, -0.05) is 18.1 Å². The van der Waals surface area contributed by atoms with E-state index in [1.807, 2.05) is 0 Å². The van der Waals surface area contributed by atoms with E-state index in [4.69, 9.17) is 6.42 Å². The van der Waals surface area contributed by atoms with Crippen LogP contribution in [0.3, 0.4) is 0 Å². The smallest absolute Gasteiger partial charge is 0.294 e. The largest absolute Gasteiger partial charge is 0.449 e. The molecule has 0 radical (unpaired) electrons. The van der Waals surface area contributed by atoms with E-state index in [2.05, 4.69) is 10.7 Å². The number of rotatable bonds is 2. The summed E-state index contributed by atoms with van der Waals surface area (Å²) in [5.41, 5.74) is -0.748. The van der Waals surface area contributed by atoms with Gasteiger partial charge in [0.05, 0.1) is 0 Å². The first-order valence-electron chi connectivity index (χ1n) is 4.42. The Bertz CT molecular complexity index is 360. The summed E-state index contributed by atoms with van der Waals surface area (Å²) >= 11 is 0. The van der Waals surface area contributed by atoms with Crippen molar-refractivity contribution in [3.63, 3.8) is 0 Å². The molecule has 0 amide bonds. The van der Waals surface area contributed by atoms with Gasteiger partial charge < -0.3 is 4.74 Å². The van der Waals surface area contributed by atoms with Crippen LogP contribution in [0.25, 0.3) is 0 Å². The van der Waals surface area contributed by atoms with Gasteiger partial charge in [0.15, 0.2) is 17.2 Å². The summed E-state index contributed by atoms with van der Waals surface area (Å²) in [5.74, 6) is 0.692. The predicted molar refractivity (Wildman–Crippen MR) is 56.4 cm³/mol. The third-order valence-electron chi connectivity index (χ3n) is 1.51. The van der Waals surface area contributed by atoms with Gasteiger partial charge in [-0.25, -0.2) is 8.78 Å². The second-order valence-electron chi connectivity index (χ2n) is 3.28. The minimum atomic E-state index is -0.799. The number of hydrogen-bond acceptors (Lipinski definition) is 2. The molecule has 1 aromatic rings. The van der Waals surface area contributed by atoms with E-state index in [-0.39, 0.29) is 0 Å². The van der Waals surface area contributed by atoms with E-state index in [1.165, 1.54) is 12.1 Å². The molecule has 0 aliphatic heterocycles. The van der Waals surface area contributed by atoms with Crippen LogP contribution in [0.5, 0.6) is 0 Å². The third-order valence-corrected chi connectivity index (χ3v) is 1.51. The van der Waals surface area contributed by atoms with Crippen LogP contribution in [0.4, 0.5) is 8.78 Å². The van der Waals surface area contributed by atoms with Gasteiger partial charge in [-0.3, -0.25) is 4.79 Å². The lowest BCUT2D eigenvalue weighted by Crippen LogP contribution is -2.20. The molecule has 4 heteroatoms. The zero-order chi connectivity index (χ0) is 12.6. The minimum Gasteiger partial charge on any atom is -0.449 e. The van der Waals surface area contributed by atoms with Gasteiger partial charge in [-0.05, 0) is 26.0 Å². The van der Waals surface area contributed by atoms with Crippen LogP contribution in [0, 0.1) is 24.0 Å². The summed E-state index contributed by atoms with van der Waals surface area (Å²) in [7, 11) is 0. The number of ether oxygens (including phenoxy) is 1. The minimum absolute atomic E-state index is 0.347. The highest BCUT2D eigenvalue weighted by Gasteiger charge is 2.12.